The molecule has 2 N–H and O–H groups in total. The van der Waals surface area contributed by atoms with Gasteiger partial charge in [-0.15, -0.1) is 0 Å². The lowest BCUT2D eigenvalue weighted by Crippen LogP contribution is -2.70. The van der Waals surface area contributed by atoms with Gasteiger partial charge in [-0.1, -0.05) is 29.8 Å². The summed E-state index contributed by atoms with van der Waals surface area (Å²) in [5.41, 5.74) is 0.797. The van der Waals surface area contributed by atoms with E-state index in [0.29, 0.717) is 49.7 Å². The second kappa shape index (κ2) is 13.6. The Labute approximate surface area is 276 Å². The molecule has 1 aromatic heterocycles. The summed E-state index contributed by atoms with van der Waals surface area (Å²) in [6, 6.07) is 9.38. The first-order chi connectivity index (χ1) is 22.5. The molecule has 3 aromatic rings. The first-order valence-electron chi connectivity index (χ1n) is 15.9. The predicted octanol–water partition coefficient (Wildman–Crippen LogP) is 4.73. The number of likely N-dealkylation sites (tertiary alicyclic amines) is 1. The molecular formula is C33H37ClFN3O8S. The van der Waals surface area contributed by atoms with Crippen LogP contribution < -0.4 is 5.32 Å². The molecule has 252 valence electrons. The number of furan rings is 1. The van der Waals surface area contributed by atoms with Crippen molar-refractivity contribution in [3.63, 3.8) is 0 Å². The van der Waals surface area contributed by atoms with E-state index < -0.39 is 57.6 Å². The van der Waals surface area contributed by atoms with Gasteiger partial charge in [-0.25, -0.2) is 12.8 Å². The minimum atomic E-state index is -3.30. The van der Waals surface area contributed by atoms with Crippen LogP contribution in [0.5, 0.6) is 0 Å². The fourth-order valence-corrected chi connectivity index (χ4v) is 8.35. The summed E-state index contributed by atoms with van der Waals surface area (Å²) in [6.45, 7) is 1.17. The number of fused-ring (bicyclic) bond motifs is 1. The third-order valence-corrected chi connectivity index (χ3v) is 11.4. The zero-order chi connectivity index (χ0) is 33.3. The molecule has 2 aliphatic heterocycles. The SMILES string of the molecule is O=C(Nc1cc(F)c(CC(=O)C(O[C@H]2CC[C@H](C(=O)O)CC2)(N2CCCC2)N2CCS(=O)(=O)CC2)cc1Cl)c1coc2ccccc12. The molecule has 0 radical (unpaired) electrons. The zero-order valence-corrected chi connectivity index (χ0v) is 27.3. The Balaban J connectivity index is 1.28. The first-order valence-corrected chi connectivity index (χ1v) is 18.1. The highest BCUT2D eigenvalue weighted by Crippen LogP contribution is 2.37. The van der Waals surface area contributed by atoms with Gasteiger partial charge in [-0.3, -0.25) is 24.2 Å². The highest BCUT2D eigenvalue weighted by molar-refractivity contribution is 7.91. The van der Waals surface area contributed by atoms with Gasteiger partial charge in [0.1, 0.15) is 17.7 Å². The second-order valence-corrected chi connectivity index (χ2v) is 15.2. The standard InChI is InChI=1S/C33H37ClFN3O8S/c34-26-17-22(27(35)19-28(26)36-31(40)25-20-45-29-6-2-1-5-24(25)29)18-30(39)33(37-11-3-4-12-37,38-13-15-47(43,44)16-14-38)46-23-9-7-21(8-10-23)32(41)42/h1-2,5-6,17,19-21,23H,3-4,7-16,18H2,(H,36,40)(H,41,42)/t21-,23-,33?. The molecule has 2 saturated heterocycles. The highest BCUT2D eigenvalue weighted by Gasteiger charge is 2.53. The van der Waals surface area contributed by atoms with Crippen molar-refractivity contribution < 1.29 is 41.5 Å². The Morgan fingerprint density at radius 2 is 1.68 bits per heavy atom. The molecule has 6 rings (SSSR count). The van der Waals surface area contributed by atoms with E-state index >= 15 is 4.39 Å². The van der Waals surface area contributed by atoms with Crippen LogP contribution in [0.2, 0.25) is 5.02 Å². The van der Waals surface area contributed by atoms with Gasteiger partial charge >= 0.3 is 5.97 Å². The minimum Gasteiger partial charge on any atom is -0.481 e. The van der Waals surface area contributed by atoms with Gasteiger partial charge in [-0.05, 0) is 62.3 Å². The normalized spacial score (nSPS) is 23.4. The van der Waals surface area contributed by atoms with E-state index in [1.807, 2.05) is 4.90 Å². The molecule has 1 atom stereocenters. The molecule has 0 bridgehead atoms. The Morgan fingerprint density at radius 3 is 2.36 bits per heavy atom. The number of carbonyl (C=O) groups is 3. The molecule has 2 aromatic carbocycles. The van der Waals surface area contributed by atoms with Crippen LogP contribution in [0, 0.1) is 11.7 Å². The van der Waals surface area contributed by atoms with Gasteiger partial charge in [0.2, 0.25) is 5.85 Å². The summed E-state index contributed by atoms with van der Waals surface area (Å²) in [6.07, 6.45) is 3.70. The van der Waals surface area contributed by atoms with Crippen LogP contribution in [0.3, 0.4) is 0 Å². The molecule has 14 heteroatoms. The smallest absolute Gasteiger partial charge is 0.306 e. The number of aliphatic carboxylic acids is 1. The number of benzene rings is 2. The lowest BCUT2D eigenvalue weighted by Gasteiger charge is -2.50. The predicted molar refractivity (Wildman–Crippen MR) is 173 cm³/mol. The number of nitrogens with one attached hydrogen (secondary N) is 1. The lowest BCUT2D eigenvalue weighted by atomic mass is 9.87. The lowest BCUT2D eigenvalue weighted by molar-refractivity contribution is -0.255. The number of sulfone groups is 1. The van der Waals surface area contributed by atoms with Gasteiger partial charge < -0.3 is 19.6 Å². The third kappa shape index (κ3) is 6.95. The molecule has 3 aliphatic rings. The number of para-hydroxylation sites is 1. The van der Waals surface area contributed by atoms with E-state index in [1.54, 1.807) is 29.2 Å². The van der Waals surface area contributed by atoms with Crippen molar-refractivity contribution in [2.24, 2.45) is 5.92 Å². The second-order valence-electron chi connectivity index (χ2n) is 12.5. The van der Waals surface area contributed by atoms with E-state index in [-0.39, 0.29) is 46.4 Å². The largest absolute Gasteiger partial charge is 0.481 e. The van der Waals surface area contributed by atoms with Crippen LogP contribution in [-0.2, 0) is 30.6 Å². The number of ether oxygens (including phenoxy) is 1. The number of hydrogen-bond donors (Lipinski definition) is 2. The van der Waals surface area contributed by atoms with Gasteiger partial charge in [0.05, 0.1) is 39.8 Å². The van der Waals surface area contributed by atoms with Crippen molar-refractivity contribution in [2.45, 2.75) is 56.9 Å². The Bertz CT molecular complexity index is 1770. The molecule has 1 saturated carbocycles. The maximum absolute atomic E-state index is 15.7. The van der Waals surface area contributed by atoms with Gasteiger partial charge in [-0.2, -0.15) is 0 Å². The fourth-order valence-electron chi connectivity index (χ4n) is 6.91. The number of amides is 1. The summed E-state index contributed by atoms with van der Waals surface area (Å²) < 4.78 is 52.7. The number of hydrogen-bond acceptors (Lipinski definition) is 9. The number of nitrogens with zero attached hydrogens (tertiary/aromatic N) is 2. The summed E-state index contributed by atoms with van der Waals surface area (Å²) >= 11 is 6.54. The minimum absolute atomic E-state index is 0.00171. The topological polar surface area (TPSA) is 146 Å². The zero-order valence-electron chi connectivity index (χ0n) is 25.8. The quantitative estimate of drug-likeness (QED) is 0.306. The van der Waals surface area contributed by atoms with Crippen LogP contribution in [0.15, 0.2) is 47.1 Å². The van der Waals surface area contributed by atoms with Gasteiger partial charge in [0.25, 0.3) is 5.91 Å². The number of Topliss-reactive ketones (excluding diaryl/α,β-unsaturated/α-hetero) is 1. The Kier molecular flexibility index (Phi) is 9.73. The number of rotatable bonds is 10. The molecule has 0 spiro atoms. The van der Waals surface area contributed by atoms with Crippen molar-refractivity contribution in [1.29, 1.82) is 0 Å². The molecule has 3 heterocycles. The molecular weight excluding hydrogens is 653 g/mol. The molecule has 11 nitrogen and oxygen atoms in total. The monoisotopic (exact) mass is 689 g/mol. The van der Waals surface area contributed by atoms with E-state index in [4.69, 9.17) is 20.8 Å². The summed E-state index contributed by atoms with van der Waals surface area (Å²) in [4.78, 5) is 42.9. The maximum Gasteiger partial charge on any atom is 0.306 e. The summed E-state index contributed by atoms with van der Waals surface area (Å²) in [7, 11) is -3.30. The van der Waals surface area contributed by atoms with Crippen LogP contribution in [-0.4, -0.2) is 90.6 Å². The summed E-state index contributed by atoms with van der Waals surface area (Å²) in [5.74, 6) is -5.08. The van der Waals surface area contributed by atoms with Crippen molar-refractivity contribution in [3.8, 4) is 0 Å². The Hall–Kier alpha value is -3.36. The van der Waals surface area contributed by atoms with Crippen LogP contribution in [0.25, 0.3) is 11.0 Å². The van der Waals surface area contributed by atoms with E-state index in [0.717, 1.165) is 18.9 Å². The number of anilines is 1. The van der Waals surface area contributed by atoms with Gasteiger partial charge in [0.15, 0.2) is 15.6 Å². The first kappa shape index (κ1) is 33.5. The maximum atomic E-state index is 15.7. The number of halogens is 2. The molecule has 47 heavy (non-hydrogen) atoms. The Morgan fingerprint density at radius 1 is 1.02 bits per heavy atom. The summed E-state index contributed by atoms with van der Waals surface area (Å²) in [5, 5.41) is 12.7. The van der Waals surface area contributed by atoms with Crippen molar-refractivity contribution in [2.75, 3.05) is 43.0 Å². The average molecular weight is 690 g/mol. The van der Waals surface area contributed by atoms with Crippen LogP contribution >= 0.6 is 11.6 Å². The van der Waals surface area contributed by atoms with Gasteiger partial charge in [0, 0.05) is 38.0 Å². The molecule has 1 aliphatic carbocycles. The third-order valence-electron chi connectivity index (χ3n) is 9.49. The van der Waals surface area contributed by atoms with Crippen molar-refractivity contribution >= 4 is 55.8 Å². The number of ketones is 1. The molecule has 1 unspecified atom stereocenters. The fraction of sp³-hybridized carbons (Fsp3) is 0.485. The molecule has 3 fully saturated rings. The van der Waals surface area contributed by atoms with E-state index in [1.165, 1.54) is 12.3 Å². The number of carboxylic acid groups (broad SMARTS) is 1. The van der Waals surface area contributed by atoms with Crippen LogP contribution in [0.4, 0.5) is 10.1 Å². The van der Waals surface area contributed by atoms with Crippen molar-refractivity contribution in [1.82, 2.24) is 9.80 Å². The van der Waals surface area contributed by atoms with E-state index in [9.17, 15) is 27.9 Å². The number of carbonyl (C=O) groups excluding carboxylic acids is 2. The van der Waals surface area contributed by atoms with E-state index in [2.05, 4.69) is 5.32 Å². The average Bonchev–Trinajstić information content (AvgIpc) is 3.74. The highest BCUT2D eigenvalue weighted by atomic mass is 35.5. The van der Waals surface area contributed by atoms with Crippen LogP contribution in [0.1, 0.15) is 54.4 Å². The van der Waals surface area contributed by atoms with Crippen molar-refractivity contribution in [3.05, 3.63) is 64.6 Å². The number of carboxylic acids is 1. The molecule has 1 amide bonds.